The summed E-state index contributed by atoms with van der Waals surface area (Å²) in [6.45, 7) is 4.01. The topological polar surface area (TPSA) is 79.8 Å². The minimum Gasteiger partial charge on any atom is -0.325 e. The third-order valence-electron chi connectivity index (χ3n) is 3.30. The van der Waals surface area contributed by atoms with Crippen LogP contribution in [-0.2, 0) is 17.5 Å². The van der Waals surface area contributed by atoms with Crippen LogP contribution in [0.2, 0.25) is 0 Å². The number of benzene rings is 1. The molecule has 0 bridgehead atoms. The average Bonchev–Trinajstić information content (AvgIpc) is 2.88. The lowest BCUT2D eigenvalue weighted by atomic mass is 10.2. The van der Waals surface area contributed by atoms with Gasteiger partial charge in [0.15, 0.2) is 5.16 Å². The summed E-state index contributed by atoms with van der Waals surface area (Å²) in [5.74, 6) is -0.400. The van der Waals surface area contributed by atoms with E-state index in [1.54, 1.807) is 6.92 Å². The molecule has 0 saturated carbocycles. The van der Waals surface area contributed by atoms with Crippen molar-refractivity contribution in [2.24, 2.45) is 0 Å². The molecular weight excluding hydrogens is 357 g/mol. The van der Waals surface area contributed by atoms with Crippen LogP contribution in [0.3, 0.4) is 0 Å². The first-order valence-corrected chi connectivity index (χ1v) is 8.40. The van der Waals surface area contributed by atoms with Crippen molar-refractivity contribution < 1.29 is 18.0 Å². The number of amides is 1. The Bertz CT molecular complexity index is 783. The van der Waals surface area contributed by atoms with Crippen molar-refractivity contribution in [2.75, 3.05) is 5.32 Å². The fourth-order valence-corrected chi connectivity index (χ4v) is 2.89. The zero-order valence-electron chi connectivity index (χ0n) is 13.6. The number of halogens is 3. The normalized spacial score (nSPS) is 12.8. The smallest absolute Gasteiger partial charge is 0.325 e. The third-order valence-corrected chi connectivity index (χ3v) is 4.39. The Balaban J connectivity index is 2.02. The molecule has 0 aliphatic carbocycles. The number of anilines is 1. The number of aromatic amines is 1. The maximum Gasteiger partial charge on any atom is 0.416 e. The third kappa shape index (κ3) is 4.88. The average molecular weight is 374 g/mol. The van der Waals surface area contributed by atoms with Crippen molar-refractivity contribution in [3.05, 3.63) is 40.3 Å². The second-order valence-corrected chi connectivity index (χ2v) is 6.60. The number of carbonyl (C=O) groups excluding carboxylic acids is 1. The Labute approximate surface area is 145 Å². The van der Waals surface area contributed by atoms with Crippen molar-refractivity contribution >= 4 is 23.4 Å². The van der Waals surface area contributed by atoms with E-state index in [4.69, 9.17) is 0 Å². The monoisotopic (exact) mass is 374 g/mol. The van der Waals surface area contributed by atoms with Gasteiger partial charge in [-0.2, -0.15) is 13.2 Å². The first kappa shape index (κ1) is 19.1. The van der Waals surface area contributed by atoms with Crippen LogP contribution in [0, 0.1) is 0 Å². The predicted octanol–water partition coefficient (Wildman–Crippen LogP) is 3.12. The highest BCUT2D eigenvalue weighted by Crippen LogP contribution is 2.30. The highest BCUT2D eigenvalue weighted by atomic mass is 32.2. The zero-order chi connectivity index (χ0) is 18.6. The number of H-pyrrole nitrogens is 1. The molecular formula is C15H17F3N4O2S. The molecule has 0 fully saturated rings. The molecule has 1 aromatic heterocycles. The fourth-order valence-electron chi connectivity index (χ4n) is 2.01. The Kier molecular flexibility index (Phi) is 5.93. The number of nitrogens with zero attached hydrogens (tertiary/aromatic N) is 2. The van der Waals surface area contributed by atoms with Crippen LogP contribution in [0.1, 0.15) is 25.8 Å². The summed E-state index contributed by atoms with van der Waals surface area (Å²) >= 11 is 1.09. The minimum atomic E-state index is -4.42. The molecule has 2 rings (SSSR count). The van der Waals surface area contributed by atoms with Crippen molar-refractivity contribution in [1.29, 1.82) is 0 Å². The molecule has 10 heteroatoms. The predicted molar refractivity (Wildman–Crippen MR) is 88.5 cm³/mol. The number of aromatic nitrogens is 3. The summed E-state index contributed by atoms with van der Waals surface area (Å²) in [5, 5.41) is 8.57. The van der Waals surface area contributed by atoms with E-state index in [1.807, 2.05) is 6.92 Å². The maximum absolute atomic E-state index is 12.5. The first-order valence-electron chi connectivity index (χ1n) is 7.52. The van der Waals surface area contributed by atoms with Crippen LogP contribution < -0.4 is 11.0 Å². The number of carbonyl (C=O) groups is 1. The summed E-state index contributed by atoms with van der Waals surface area (Å²) in [5.41, 5.74) is -0.869. The van der Waals surface area contributed by atoms with Crippen LogP contribution in [-0.4, -0.2) is 25.9 Å². The second-order valence-electron chi connectivity index (χ2n) is 5.29. The lowest BCUT2D eigenvalue weighted by Gasteiger charge is -2.13. The molecule has 0 aliphatic heterocycles. The van der Waals surface area contributed by atoms with E-state index >= 15 is 0 Å². The highest BCUT2D eigenvalue weighted by Gasteiger charge is 2.30. The summed E-state index contributed by atoms with van der Waals surface area (Å²) in [4.78, 5) is 23.8. The number of nitrogens with one attached hydrogen (secondary N) is 2. The van der Waals surface area contributed by atoms with Crippen LogP contribution in [0.4, 0.5) is 18.9 Å². The summed E-state index contributed by atoms with van der Waals surface area (Å²) < 4.78 is 39.0. The SMILES string of the molecule is CCCn1c(S[C@@H](C)C(=O)Nc2ccc(C(F)(F)F)cc2)n[nH]c1=O. The standard InChI is InChI=1S/C15H17F3N4O2S/c1-3-8-22-13(24)20-21-14(22)25-9(2)12(23)19-11-6-4-10(5-7-11)15(16,17)18/h4-7,9H,3,8H2,1-2H3,(H,19,23)(H,20,24)/t9-/m0/s1. The number of hydrogen-bond donors (Lipinski definition) is 2. The van der Waals surface area contributed by atoms with E-state index in [0.29, 0.717) is 11.7 Å². The summed E-state index contributed by atoms with van der Waals surface area (Å²) in [7, 11) is 0. The Morgan fingerprint density at radius 2 is 2.00 bits per heavy atom. The van der Waals surface area contributed by atoms with Gasteiger partial charge in [-0.3, -0.25) is 9.36 Å². The molecule has 6 nitrogen and oxygen atoms in total. The van der Waals surface area contributed by atoms with Crippen LogP contribution in [0.25, 0.3) is 0 Å². The van der Waals surface area contributed by atoms with Crippen molar-refractivity contribution in [3.63, 3.8) is 0 Å². The van der Waals surface area contributed by atoms with E-state index in [1.165, 1.54) is 16.7 Å². The number of hydrogen-bond acceptors (Lipinski definition) is 4. The van der Waals surface area contributed by atoms with E-state index in [2.05, 4.69) is 15.5 Å². The van der Waals surface area contributed by atoms with Gasteiger partial charge in [-0.25, -0.2) is 9.89 Å². The molecule has 136 valence electrons. The molecule has 1 heterocycles. The minimum absolute atomic E-state index is 0.262. The first-order chi connectivity index (χ1) is 11.7. The van der Waals surface area contributed by atoms with E-state index < -0.39 is 22.9 Å². The maximum atomic E-state index is 12.5. The molecule has 0 aliphatic rings. The van der Waals surface area contributed by atoms with Gasteiger partial charge in [0.25, 0.3) is 0 Å². The number of alkyl halides is 3. The van der Waals surface area contributed by atoms with Gasteiger partial charge in [-0.15, -0.1) is 5.10 Å². The molecule has 1 amide bonds. The molecule has 0 radical (unpaired) electrons. The van der Waals surface area contributed by atoms with Crippen molar-refractivity contribution in [3.8, 4) is 0 Å². The molecule has 2 N–H and O–H groups in total. The Hall–Kier alpha value is -2.23. The van der Waals surface area contributed by atoms with Gasteiger partial charge >= 0.3 is 11.9 Å². The van der Waals surface area contributed by atoms with Crippen molar-refractivity contribution in [2.45, 2.75) is 43.4 Å². The lowest BCUT2D eigenvalue weighted by molar-refractivity contribution is -0.137. The fraction of sp³-hybridized carbons (Fsp3) is 0.400. The Morgan fingerprint density at radius 1 is 1.36 bits per heavy atom. The molecule has 0 unspecified atom stereocenters. The summed E-state index contributed by atoms with van der Waals surface area (Å²) in [6.07, 6.45) is -3.69. The van der Waals surface area contributed by atoms with Gasteiger partial charge < -0.3 is 5.32 Å². The quantitative estimate of drug-likeness (QED) is 0.762. The van der Waals surface area contributed by atoms with Gasteiger partial charge in [-0.1, -0.05) is 18.7 Å². The van der Waals surface area contributed by atoms with Crippen LogP contribution in [0.15, 0.2) is 34.2 Å². The molecule has 1 aromatic carbocycles. The molecule has 1 atom stereocenters. The van der Waals surface area contributed by atoms with E-state index in [0.717, 1.165) is 30.3 Å². The van der Waals surface area contributed by atoms with Gasteiger partial charge in [0.2, 0.25) is 5.91 Å². The van der Waals surface area contributed by atoms with Crippen LogP contribution >= 0.6 is 11.8 Å². The molecule has 2 aromatic rings. The van der Waals surface area contributed by atoms with Gasteiger partial charge in [0.1, 0.15) is 0 Å². The van der Waals surface area contributed by atoms with Gasteiger partial charge in [0.05, 0.1) is 10.8 Å². The summed E-state index contributed by atoms with van der Waals surface area (Å²) in [6, 6.07) is 4.19. The molecule has 25 heavy (non-hydrogen) atoms. The van der Waals surface area contributed by atoms with Gasteiger partial charge in [-0.05, 0) is 37.6 Å². The second kappa shape index (κ2) is 7.77. The zero-order valence-corrected chi connectivity index (χ0v) is 14.4. The largest absolute Gasteiger partial charge is 0.416 e. The number of rotatable bonds is 6. The number of thioether (sulfide) groups is 1. The Morgan fingerprint density at radius 3 is 2.56 bits per heavy atom. The molecule has 0 saturated heterocycles. The molecule has 0 spiro atoms. The van der Waals surface area contributed by atoms with E-state index in [-0.39, 0.29) is 11.4 Å². The lowest BCUT2D eigenvalue weighted by Crippen LogP contribution is -2.24. The highest BCUT2D eigenvalue weighted by molar-refractivity contribution is 8.00. The van der Waals surface area contributed by atoms with Crippen LogP contribution in [0.5, 0.6) is 0 Å². The van der Waals surface area contributed by atoms with E-state index in [9.17, 15) is 22.8 Å². The van der Waals surface area contributed by atoms with Gasteiger partial charge in [0, 0.05) is 12.2 Å². The van der Waals surface area contributed by atoms with Crippen molar-refractivity contribution in [1.82, 2.24) is 14.8 Å².